The summed E-state index contributed by atoms with van der Waals surface area (Å²) in [5.74, 6) is 2.47. The van der Waals surface area contributed by atoms with Crippen molar-refractivity contribution in [2.75, 3.05) is 34.7 Å². The molecule has 1 aliphatic rings. The van der Waals surface area contributed by atoms with Gasteiger partial charge in [0.05, 0.1) is 4.90 Å². The maximum absolute atomic E-state index is 12.1. The first-order valence-corrected chi connectivity index (χ1v) is 11.1. The fraction of sp³-hybridized carbons (Fsp3) is 0.650. The Kier molecular flexibility index (Phi) is 10.2. The maximum Gasteiger partial charge on any atom is 0.242 e. The molecule has 0 aromatic heterocycles. The van der Waals surface area contributed by atoms with Crippen molar-refractivity contribution < 1.29 is 8.42 Å². The molecule has 8 heteroatoms. The third-order valence-corrected chi connectivity index (χ3v) is 7.22. The average molecular weight is 522 g/mol. The third-order valence-electron chi connectivity index (χ3n) is 5.39. The van der Waals surface area contributed by atoms with Gasteiger partial charge in [-0.25, -0.2) is 12.7 Å². The van der Waals surface area contributed by atoms with Gasteiger partial charge in [0, 0.05) is 41.3 Å². The van der Waals surface area contributed by atoms with Gasteiger partial charge in [0.1, 0.15) is 0 Å². The molecule has 28 heavy (non-hydrogen) atoms. The Bertz CT molecular complexity index is 727. The van der Waals surface area contributed by atoms with Gasteiger partial charge in [0.15, 0.2) is 5.96 Å². The molecule has 1 fully saturated rings. The number of nitrogens with zero attached hydrogens (tertiary/aromatic N) is 3. The highest BCUT2D eigenvalue weighted by Gasteiger charge is 2.21. The number of nitrogens with one attached hydrogen (secondary N) is 1. The van der Waals surface area contributed by atoms with Gasteiger partial charge in [-0.15, -0.1) is 24.0 Å². The van der Waals surface area contributed by atoms with Gasteiger partial charge in [-0.1, -0.05) is 31.9 Å². The lowest BCUT2D eigenvalue weighted by Gasteiger charge is -2.31. The Labute approximate surface area is 187 Å². The van der Waals surface area contributed by atoms with Crippen LogP contribution in [0.25, 0.3) is 0 Å². The van der Waals surface area contributed by atoms with E-state index in [-0.39, 0.29) is 24.0 Å². The van der Waals surface area contributed by atoms with Gasteiger partial charge in [-0.05, 0) is 42.4 Å². The molecule has 0 radical (unpaired) electrons. The smallest absolute Gasteiger partial charge is 0.242 e. The minimum atomic E-state index is -3.38. The van der Waals surface area contributed by atoms with Crippen molar-refractivity contribution in [2.45, 2.75) is 44.0 Å². The second-order valence-corrected chi connectivity index (χ2v) is 9.99. The summed E-state index contributed by atoms with van der Waals surface area (Å²) in [6.07, 6.45) is 5.24. The monoisotopic (exact) mass is 522 g/mol. The maximum atomic E-state index is 12.1. The van der Waals surface area contributed by atoms with Crippen molar-refractivity contribution in [1.29, 1.82) is 0 Å². The van der Waals surface area contributed by atoms with Gasteiger partial charge < -0.3 is 10.2 Å². The van der Waals surface area contributed by atoms with Gasteiger partial charge in [0.25, 0.3) is 0 Å². The van der Waals surface area contributed by atoms with Crippen molar-refractivity contribution in [1.82, 2.24) is 14.5 Å². The number of halogens is 1. The summed E-state index contributed by atoms with van der Waals surface area (Å²) in [5.41, 5.74) is 1.02. The van der Waals surface area contributed by atoms with Crippen LogP contribution in [0, 0.1) is 11.8 Å². The zero-order valence-corrected chi connectivity index (χ0v) is 20.8. The zero-order chi connectivity index (χ0) is 20.0. The molecule has 0 aliphatic heterocycles. The van der Waals surface area contributed by atoms with Crippen LogP contribution in [0.2, 0.25) is 0 Å². The van der Waals surface area contributed by atoms with Crippen LogP contribution in [-0.4, -0.2) is 58.3 Å². The molecule has 1 saturated carbocycles. The first-order chi connectivity index (χ1) is 12.7. The van der Waals surface area contributed by atoms with E-state index in [1.807, 2.05) is 12.1 Å². The van der Waals surface area contributed by atoms with E-state index in [2.05, 4.69) is 29.2 Å². The molecular weight excluding hydrogens is 487 g/mol. The highest BCUT2D eigenvalue weighted by atomic mass is 127. The molecule has 0 atom stereocenters. The summed E-state index contributed by atoms with van der Waals surface area (Å²) in [7, 11) is 3.58. The first kappa shape index (κ1) is 25.2. The van der Waals surface area contributed by atoms with Crippen molar-refractivity contribution in [3.05, 3.63) is 29.8 Å². The lowest BCUT2D eigenvalue weighted by molar-refractivity contribution is 0.250. The van der Waals surface area contributed by atoms with Gasteiger partial charge in [-0.3, -0.25) is 4.99 Å². The quantitative estimate of drug-likeness (QED) is 0.354. The van der Waals surface area contributed by atoms with Gasteiger partial charge in [-0.2, -0.15) is 0 Å². The highest BCUT2D eigenvalue weighted by Crippen LogP contribution is 2.28. The molecule has 0 bridgehead atoms. The van der Waals surface area contributed by atoms with Gasteiger partial charge in [0.2, 0.25) is 10.0 Å². The minimum Gasteiger partial charge on any atom is -0.352 e. The number of guanidine groups is 1. The van der Waals surface area contributed by atoms with Crippen molar-refractivity contribution in [3.8, 4) is 0 Å². The summed E-state index contributed by atoms with van der Waals surface area (Å²) in [6.45, 7) is 3.98. The van der Waals surface area contributed by atoms with Gasteiger partial charge >= 0.3 is 0 Å². The Balaban J connectivity index is 0.00000392. The van der Waals surface area contributed by atoms with Crippen molar-refractivity contribution in [3.63, 3.8) is 0 Å². The van der Waals surface area contributed by atoms with Crippen LogP contribution < -0.4 is 5.32 Å². The fourth-order valence-corrected chi connectivity index (χ4v) is 4.44. The van der Waals surface area contributed by atoms with Crippen LogP contribution in [0.4, 0.5) is 0 Å². The number of sulfonamides is 1. The molecule has 6 nitrogen and oxygen atoms in total. The van der Waals surface area contributed by atoms with E-state index in [1.165, 1.54) is 44.1 Å². The summed E-state index contributed by atoms with van der Waals surface area (Å²) < 4.78 is 25.5. The van der Waals surface area contributed by atoms with Crippen molar-refractivity contribution >= 4 is 40.0 Å². The van der Waals surface area contributed by atoms with Crippen LogP contribution in [0.5, 0.6) is 0 Å². The Morgan fingerprint density at radius 1 is 1.11 bits per heavy atom. The topological polar surface area (TPSA) is 65.0 Å². The molecule has 0 saturated heterocycles. The molecule has 1 aromatic carbocycles. The van der Waals surface area contributed by atoms with E-state index in [4.69, 9.17) is 0 Å². The molecule has 0 heterocycles. The summed E-state index contributed by atoms with van der Waals surface area (Å²) in [6, 6.07) is 7.00. The second kappa shape index (κ2) is 11.3. The molecular formula is C20H35IN4O2S. The molecule has 1 aromatic rings. The largest absolute Gasteiger partial charge is 0.352 e. The molecule has 0 spiro atoms. The predicted molar refractivity (Wildman–Crippen MR) is 127 cm³/mol. The van der Waals surface area contributed by atoms with E-state index < -0.39 is 10.0 Å². The van der Waals surface area contributed by atoms with E-state index in [0.29, 0.717) is 11.4 Å². The SMILES string of the molecule is CN=C(NCc1ccc(S(=O)(=O)N(C)C)cc1)N(C)CC1CCC(C)CC1.I. The van der Waals surface area contributed by atoms with Crippen LogP contribution in [0.15, 0.2) is 34.2 Å². The van der Waals surface area contributed by atoms with Crippen LogP contribution in [0.3, 0.4) is 0 Å². The number of aliphatic imine (C=N–C) groups is 1. The summed E-state index contributed by atoms with van der Waals surface area (Å²) in [5, 5.41) is 3.38. The van der Waals surface area contributed by atoms with Crippen LogP contribution in [0.1, 0.15) is 38.2 Å². The molecule has 1 N–H and O–H groups in total. The predicted octanol–water partition coefficient (Wildman–Crippen LogP) is 3.39. The van der Waals surface area contributed by atoms with Crippen molar-refractivity contribution in [2.24, 2.45) is 16.8 Å². The molecule has 0 amide bonds. The lowest BCUT2D eigenvalue weighted by Crippen LogP contribution is -2.41. The Hall–Kier alpha value is -0.870. The zero-order valence-electron chi connectivity index (χ0n) is 17.7. The summed E-state index contributed by atoms with van der Waals surface area (Å²) in [4.78, 5) is 6.90. The molecule has 1 aliphatic carbocycles. The Morgan fingerprint density at radius 3 is 2.18 bits per heavy atom. The van der Waals surface area contributed by atoms with Crippen LogP contribution >= 0.6 is 24.0 Å². The number of hydrogen-bond acceptors (Lipinski definition) is 3. The first-order valence-electron chi connectivity index (χ1n) is 9.67. The normalized spacial score (nSPS) is 20.6. The number of rotatable bonds is 6. The summed E-state index contributed by atoms with van der Waals surface area (Å²) >= 11 is 0. The second-order valence-electron chi connectivity index (χ2n) is 7.84. The molecule has 160 valence electrons. The molecule has 2 rings (SSSR count). The standard InChI is InChI=1S/C20H34N4O2S.HI/c1-16-6-8-18(9-7-16)15-24(5)20(21-2)22-14-17-10-12-19(13-11-17)27(25,26)23(3)4;/h10-13,16,18H,6-9,14-15H2,1-5H3,(H,21,22);1H. The minimum absolute atomic E-state index is 0. The van der Waals surface area contributed by atoms with Crippen LogP contribution in [-0.2, 0) is 16.6 Å². The highest BCUT2D eigenvalue weighted by molar-refractivity contribution is 14.0. The third kappa shape index (κ3) is 6.88. The fourth-order valence-electron chi connectivity index (χ4n) is 3.54. The average Bonchev–Trinajstić information content (AvgIpc) is 2.64. The number of benzene rings is 1. The number of hydrogen-bond donors (Lipinski definition) is 1. The Morgan fingerprint density at radius 2 is 1.68 bits per heavy atom. The lowest BCUT2D eigenvalue weighted by atomic mass is 9.83. The van der Waals surface area contributed by atoms with E-state index in [9.17, 15) is 8.42 Å². The molecule has 0 unspecified atom stereocenters. The van der Waals surface area contributed by atoms with E-state index in [0.717, 1.165) is 29.9 Å². The van der Waals surface area contributed by atoms with E-state index in [1.54, 1.807) is 19.2 Å². The van der Waals surface area contributed by atoms with E-state index >= 15 is 0 Å².